The molecule has 0 amide bonds. The van der Waals surface area contributed by atoms with E-state index in [1.54, 1.807) is 0 Å². The highest BCUT2D eigenvalue weighted by molar-refractivity contribution is 8.58. The Morgan fingerprint density at radius 2 is 1.55 bits per heavy atom. The van der Waals surface area contributed by atoms with Gasteiger partial charge in [-0.15, -0.1) is 4.72 Å². The molecule has 11 heavy (non-hydrogen) atoms. The van der Waals surface area contributed by atoms with E-state index in [0.29, 0.717) is 0 Å². The summed E-state index contributed by atoms with van der Waals surface area (Å²) in [6.07, 6.45) is -5.26. The van der Waals surface area contributed by atoms with Gasteiger partial charge in [0.15, 0.2) is 0 Å². The van der Waals surface area contributed by atoms with Crippen molar-refractivity contribution < 1.29 is 30.0 Å². The fourth-order valence-corrected chi connectivity index (χ4v) is 1.08. The number of halogens is 3. The summed E-state index contributed by atoms with van der Waals surface area (Å²) < 4.78 is 72.4. The van der Waals surface area contributed by atoms with Gasteiger partial charge < -0.3 is 0 Å². The van der Waals surface area contributed by atoms with Crippen molar-refractivity contribution in [3.05, 3.63) is 0 Å². The van der Waals surface area contributed by atoms with Gasteiger partial charge in [-0.05, 0) is 0 Å². The fraction of sp³-hybridized carbons (Fsp3) is 1.00. The van der Waals surface area contributed by atoms with E-state index in [1.807, 2.05) is 0 Å². The van der Waals surface area contributed by atoms with Crippen LogP contribution in [-0.4, -0.2) is 23.1 Å². The molecule has 0 bridgehead atoms. The largest absolute Gasteiger partial charge is 0.471 e. The predicted octanol–water partition coefficient (Wildman–Crippen LogP) is -1.05. The lowest BCUT2D eigenvalue weighted by atomic mass is 11.3. The van der Waals surface area contributed by atoms with Crippen LogP contribution in [0.3, 0.4) is 0 Å². The van der Waals surface area contributed by atoms with Crippen LogP contribution in [0.4, 0.5) is 13.2 Å². The van der Waals surface area contributed by atoms with E-state index in [4.69, 9.17) is 0 Å². The van der Waals surface area contributed by atoms with Crippen molar-refractivity contribution in [2.75, 3.05) is 0 Å². The molecule has 0 aromatic carbocycles. The molecule has 1 N–H and O–H groups in total. The summed E-state index contributed by atoms with van der Waals surface area (Å²) in [5, 5.41) is 0. The Morgan fingerprint density at radius 1 is 1.18 bits per heavy atom. The molecule has 0 saturated carbocycles. The van der Waals surface area contributed by atoms with Gasteiger partial charge in [0.1, 0.15) is 0 Å². The molecule has 0 aliphatic carbocycles. The standard InChI is InChI=1S/CH2F3NO4S2/c2-1(3,4)5-11(8,9)10(6)7/h5,10H. The second-order valence-corrected chi connectivity index (χ2v) is 5.24. The molecule has 0 spiro atoms. The zero-order valence-corrected chi connectivity index (χ0v) is 6.33. The third-order valence-corrected chi connectivity index (χ3v) is 2.77. The fourth-order valence-electron chi connectivity index (χ4n) is 0.184. The smallest absolute Gasteiger partial charge is 0.214 e. The quantitative estimate of drug-likeness (QED) is 0.348. The molecule has 68 valence electrons. The Hall–Kier alpha value is -0.350. The summed E-state index contributed by atoms with van der Waals surface area (Å²) in [6.45, 7) is 0. The molecular formula is CH2F3NO4S2. The molecule has 0 rings (SSSR count). The maximum atomic E-state index is 11.2. The number of alkyl halides is 3. The van der Waals surface area contributed by atoms with Gasteiger partial charge in [-0.3, -0.25) is 0 Å². The van der Waals surface area contributed by atoms with E-state index >= 15 is 0 Å². The number of nitrogens with one attached hydrogen (secondary N) is 1. The van der Waals surface area contributed by atoms with E-state index in [-0.39, 0.29) is 4.72 Å². The first-order valence-corrected chi connectivity index (χ1v) is 5.17. The summed E-state index contributed by atoms with van der Waals surface area (Å²) in [5.74, 6) is 0. The van der Waals surface area contributed by atoms with Gasteiger partial charge in [0.05, 0.1) is 0 Å². The van der Waals surface area contributed by atoms with Crippen LogP contribution in [0.25, 0.3) is 0 Å². The Balaban J connectivity index is 4.67. The normalized spacial score (nSPS) is 13.8. The van der Waals surface area contributed by atoms with Gasteiger partial charge in [0, 0.05) is 0 Å². The molecule has 0 aromatic heterocycles. The van der Waals surface area contributed by atoms with Crippen molar-refractivity contribution in [2.45, 2.75) is 6.30 Å². The highest BCUT2D eigenvalue weighted by atomic mass is 33.2. The van der Waals surface area contributed by atoms with Crippen molar-refractivity contribution in [2.24, 2.45) is 0 Å². The van der Waals surface area contributed by atoms with Gasteiger partial charge >= 0.3 is 15.4 Å². The van der Waals surface area contributed by atoms with Gasteiger partial charge in [-0.25, -0.2) is 8.42 Å². The van der Waals surface area contributed by atoms with Crippen LogP contribution in [-0.2, 0) is 18.8 Å². The molecule has 0 radical (unpaired) electrons. The van der Waals surface area contributed by atoms with Crippen molar-refractivity contribution >= 4 is 18.8 Å². The Morgan fingerprint density at radius 3 is 1.64 bits per heavy atom. The SMILES string of the molecule is O=[SH](=O)S(=O)(=O)NC(F)(F)F. The first-order chi connectivity index (χ1) is 4.65. The number of rotatable bonds is 2. The first-order valence-electron chi connectivity index (χ1n) is 1.90. The number of thiol groups is 1. The molecule has 0 aromatic rings. The van der Waals surface area contributed by atoms with Crippen LogP contribution in [0, 0.1) is 0 Å². The molecule has 0 fully saturated rings. The van der Waals surface area contributed by atoms with Crippen molar-refractivity contribution in [3.8, 4) is 0 Å². The molecule has 0 saturated heterocycles. The molecule has 0 atom stereocenters. The van der Waals surface area contributed by atoms with Gasteiger partial charge in [0.25, 0.3) is 9.74 Å². The summed E-state index contributed by atoms with van der Waals surface area (Å²) >= 11 is 0. The maximum Gasteiger partial charge on any atom is 0.471 e. The molecule has 0 heterocycles. The lowest BCUT2D eigenvalue weighted by molar-refractivity contribution is -0.137. The van der Waals surface area contributed by atoms with E-state index in [0.717, 1.165) is 0 Å². The molecule has 0 aliphatic heterocycles. The highest BCUT2D eigenvalue weighted by Crippen LogP contribution is 2.11. The van der Waals surface area contributed by atoms with Crippen molar-refractivity contribution in [1.82, 2.24) is 4.72 Å². The minimum atomic E-state index is -5.28. The van der Waals surface area contributed by atoms with Crippen LogP contribution in [0.15, 0.2) is 0 Å². The first kappa shape index (κ1) is 10.7. The topological polar surface area (TPSA) is 80.3 Å². The molecule has 0 aliphatic rings. The Kier molecular flexibility index (Phi) is 2.85. The van der Waals surface area contributed by atoms with E-state index in [9.17, 15) is 30.0 Å². The van der Waals surface area contributed by atoms with E-state index in [1.165, 1.54) is 0 Å². The van der Waals surface area contributed by atoms with E-state index < -0.39 is 25.1 Å². The lowest BCUT2D eigenvalue weighted by Gasteiger charge is -2.03. The summed E-state index contributed by atoms with van der Waals surface area (Å²) in [5.41, 5.74) is 0. The maximum absolute atomic E-state index is 11.2. The molecule has 10 heteroatoms. The van der Waals surface area contributed by atoms with Crippen LogP contribution < -0.4 is 4.72 Å². The summed E-state index contributed by atoms with van der Waals surface area (Å²) in [4.78, 5) is 0. The minimum absolute atomic E-state index is 0.0291. The average Bonchev–Trinajstić information content (AvgIpc) is 1.56. The van der Waals surface area contributed by atoms with E-state index in [2.05, 4.69) is 0 Å². The molecular weight excluding hydrogens is 211 g/mol. The van der Waals surface area contributed by atoms with Gasteiger partial charge in [0.2, 0.25) is 0 Å². The van der Waals surface area contributed by atoms with Crippen LogP contribution in [0.2, 0.25) is 0 Å². The summed E-state index contributed by atoms with van der Waals surface area (Å²) in [7, 11) is -9.44. The van der Waals surface area contributed by atoms with Crippen LogP contribution in [0.5, 0.6) is 0 Å². The number of hydrogen-bond acceptors (Lipinski definition) is 4. The third kappa shape index (κ3) is 4.16. The number of hydrogen-bond donors (Lipinski definition) is 2. The van der Waals surface area contributed by atoms with Gasteiger partial charge in [-0.2, -0.15) is 21.6 Å². The van der Waals surface area contributed by atoms with Crippen LogP contribution >= 0.6 is 0 Å². The minimum Gasteiger partial charge on any atom is -0.214 e. The monoisotopic (exact) mass is 213 g/mol. The molecule has 0 unspecified atom stereocenters. The summed E-state index contributed by atoms with van der Waals surface area (Å²) in [6, 6.07) is 0. The zero-order valence-electron chi connectivity index (χ0n) is 4.62. The second-order valence-electron chi connectivity index (χ2n) is 1.30. The lowest BCUT2D eigenvalue weighted by Crippen LogP contribution is -2.37. The Bertz CT molecular complexity index is 290. The van der Waals surface area contributed by atoms with Crippen LogP contribution in [0.1, 0.15) is 0 Å². The van der Waals surface area contributed by atoms with Crippen molar-refractivity contribution in [1.29, 1.82) is 0 Å². The predicted molar refractivity (Wildman–Crippen MR) is 28.4 cm³/mol. The van der Waals surface area contributed by atoms with Crippen molar-refractivity contribution in [3.63, 3.8) is 0 Å². The highest BCUT2D eigenvalue weighted by Gasteiger charge is 2.35. The third-order valence-electron chi connectivity index (χ3n) is 0.441. The average molecular weight is 213 g/mol. The Labute approximate surface area is 60.6 Å². The second kappa shape index (κ2) is 2.95. The molecule has 5 nitrogen and oxygen atoms in total. The van der Waals surface area contributed by atoms with Gasteiger partial charge in [-0.1, -0.05) is 0 Å². The zero-order chi connectivity index (χ0) is 9.28.